The minimum absolute atomic E-state index is 0.0446. The van der Waals surface area contributed by atoms with Crippen LogP contribution in [0.1, 0.15) is 68.2 Å². The number of aliphatic hydroxyl groups excluding tert-OH is 1. The molecule has 11 nitrogen and oxygen atoms in total. The third-order valence-electron chi connectivity index (χ3n) is 4.22. The fourth-order valence-corrected chi connectivity index (χ4v) is 4.50. The summed E-state index contributed by atoms with van der Waals surface area (Å²) in [7, 11) is -4.35. The van der Waals surface area contributed by atoms with Crippen LogP contribution in [0.4, 0.5) is 0 Å². The van der Waals surface area contributed by atoms with Crippen LogP contribution < -0.4 is 10.6 Å². The predicted octanol–water partition coefficient (Wildman–Crippen LogP) is 2.85. The first-order valence-electron chi connectivity index (χ1n) is 11.6. The van der Waals surface area contributed by atoms with Crippen LogP contribution in [-0.2, 0) is 28.0 Å². The molecular weight excluding hydrogens is 497 g/mol. The van der Waals surface area contributed by atoms with Gasteiger partial charge in [-0.2, -0.15) is 11.8 Å². The second-order valence-electron chi connectivity index (χ2n) is 10.1. The quantitative estimate of drug-likeness (QED) is 0.0941. The summed E-state index contributed by atoms with van der Waals surface area (Å²) in [5.41, 5.74) is -1.15. The summed E-state index contributed by atoms with van der Waals surface area (Å²) in [4.78, 5) is 39.2. The Kier molecular flexibility index (Phi) is 15.3. The monoisotopic (exact) mass is 541 g/mol. The van der Waals surface area contributed by atoms with E-state index in [9.17, 15) is 24.2 Å². The second-order valence-corrected chi connectivity index (χ2v) is 12.7. The van der Waals surface area contributed by atoms with Gasteiger partial charge in [0.25, 0.3) is 0 Å². The van der Waals surface area contributed by atoms with Gasteiger partial charge in [-0.15, -0.1) is 0 Å². The molecule has 0 fully saturated rings. The largest absolute Gasteiger partial charge is 0.472 e. The fraction of sp³-hybridized carbons (Fsp3) is 0.864. The molecule has 0 aliphatic carbocycles. The zero-order chi connectivity index (χ0) is 27.3. The van der Waals surface area contributed by atoms with Crippen molar-refractivity contribution in [2.24, 2.45) is 10.6 Å². The van der Waals surface area contributed by atoms with Gasteiger partial charge in [0.2, 0.25) is 11.8 Å². The van der Waals surface area contributed by atoms with Crippen LogP contribution in [0.3, 0.4) is 0 Å². The number of rotatable bonds is 17. The van der Waals surface area contributed by atoms with E-state index in [1.165, 1.54) is 13.8 Å². The Labute approximate surface area is 213 Å². The van der Waals surface area contributed by atoms with Gasteiger partial charge < -0.3 is 25.5 Å². The number of phosphoric acid groups is 1. The third-order valence-corrected chi connectivity index (χ3v) is 6.44. The Balaban J connectivity index is 4.17. The molecule has 0 aromatic rings. The van der Waals surface area contributed by atoms with Crippen LogP contribution in [0.15, 0.2) is 5.16 Å². The highest BCUT2D eigenvalue weighted by Gasteiger charge is 2.38. The Morgan fingerprint density at radius 2 is 1.69 bits per heavy atom. The van der Waals surface area contributed by atoms with Crippen molar-refractivity contribution in [1.29, 1.82) is 0 Å². The van der Waals surface area contributed by atoms with E-state index in [1.807, 2.05) is 20.8 Å². The van der Waals surface area contributed by atoms with Crippen molar-refractivity contribution >= 4 is 37.1 Å². The van der Waals surface area contributed by atoms with Crippen molar-refractivity contribution in [1.82, 2.24) is 10.6 Å². The number of nitrogens with zero attached hydrogens (tertiary/aromatic N) is 1. The summed E-state index contributed by atoms with van der Waals surface area (Å²) in [6.07, 6.45) is -0.597. The molecule has 2 unspecified atom stereocenters. The van der Waals surface area contributed by atoms with E-state index >= 15 is 0 Å². The van der Waals surface area contributed by atoms with Gasteiger partial charge in [0, 0.05) is 30.7 Å². The van der Waals surface area contributed by atoms with Crippen molar-refractivity contribution in [3.05, 3.63) is 0 Å². The highest BCUT2D eigenvalue weighted by molar-refractivity contribution is 7.99. The lowest BCUT2D eigenvalue weighted by Crippen LogP contribution is -2.46. The number of aliphatic hydroxyl groups is 1. The molecule has 2 atom stereocenters. The minimum atomic E-state index is -4.35. The Morgan fingerprint density at radius 3 is 2.26 bits per heavy atom. The normalized spacial score (nSPS) is 15.5. The molecule has 0 saturated carbocycles. The molecule has 0 heterocycles. The fourth-order valence-electron chi connectivity index (χ4n) is 2.36. The lowest BCUT2D eigenvalue weighted by atomic mass is 9.87. The number of thioether (sulfide) groups is 1. The van der Waals surface area contributed by atoms with Gasteiger partial charge in [0.05, 0.1) is 17.9 Å². The summed E-state index contributed by atoms with van der Waals surface area (Å²) < 4.78 is 22.0. The summed E-state index contributed by atoms with van der Waals surface area (Å²) >= 11 is 1.69. The molecule has 13 heteroatoms. The van der Waals surface area contributed by atoms with Crippen molar-refractivity contribution in [2.75, 3.05) is 31.2 Å². The highest BCUT2D eigenvalue weighted by atomic mass is 32.2. The van der Waals surface area contributed by atoms with Crippen LogP contribution in [-0.4, -0.2) is 76.5 Å². The van der Waals surface area contributed by atoms with Gasteiger partial charge in [0.15, 0.2) is 0 Å². The smallest absolute Gasteiger partial charge is 0.393 e. The third kappa shape index (κ3) is 17.8. The van der Waals surface area contributed by atoms with E-state index in [1.54, 1.807) is 32.5 Å². The molecule has 2 amide bonds. The molecule has 0 aromatic heterocycles. The van der Waals surface area contributed by atoms with E-state index in [2.05, 4.69) is 15.8 Å². The minimum Gasteiger partial charge on any atom is -0.393 e. The molecule has 0 spiro atoms. The Hall–Kier alpha value is -1.17. The van der Waals surface area contributed by atoms with Gasteiger partial charge in [-0.1, -0.05) is 19.0 Å². The zero-order valence-corrected chi connectivity index (χ0v) is 24.0. The topological polar surface area (TPSA) is 156 Å². The second kappa shape index (κ2) is 15.8. The van der Waals surface area contributed by atoms with Crippen LogP contribution in [0.5, 0.6) is 0 Å². The summed E-state index contributed by atoms with van der Waals surface area (Å²) in [5.74, 6) is 0.696. The number of carbonyl (C=O) groups excluding carboxylic acids is 2. The molecule has 0 rings (SSSR count). The lowest BCUT2D eigenvalue weighted by molar-refractivity contribution is -0.137. The SMILES string of the molecule is C/C(CCSCCNC(=O)CCNC(=O)C(O)C(C)(C)COP(=O)(O)OC(C)(C)C)=N\OC(C)C. The molecule has 0 radical (unpaired) electrons. The molecule has 0 aliphatic rings. The van der Waals surface area contributed by atoms with Gasteiger partial charge in [-0.25, -0.2) is 4.57 Å². The standard InChI is InChI=1S/C22H44N3O8PS/c1-16(2)32-25-17(3)10-13-35-14-12-23-18(26)9-11-24-20(28)19(27)22(7,8)15-31-34(29,30)33-21(4,5)6/h16,19,27H,9-15H2,1-8H3,(H,23,26)(H,24,28)(H,29,30)/b25-17+. The van der Waals surface area contributed by atoms with Gasteiger partial charge in [0.1, 0.15) is 12.2 Å². The molecule has 35 heavy (non-hydrogen) atoms. The van der Waals surface area contributed by atoms with Gasteiger partial charge in [-0.3, -0.25) is 18.6 Å². The van der Waals surface area contributed by atoms with Crippen LogP contribution in [0.25, 0.3) is 0 Å². The molecule has 0 aromatic carbocycles. The first kappa shape index (κ1) is 33.8. The Bertz CT molecular complexity index is 741. The van der Waals surface area contributed by atoms with E-state index in [4.69, 9.17) is 13.9 Å². The molecule has 0 saturated heterocycles. The average Bonchev–Trinajstić information content (AvgIpc) is 2.71. The summed E-state index contributed by atoms with van der Waals surface area (Å²) in [5, 5.41) is 19.6. The first-order chi connectivity index (χ1) is 15.9. The predicted molar refractivity (Wildman–Crippen MR) is 138 cm³/mol. The maximum Gasteiger partial charge on any atom is 0.472 e. The molecule has 4 N–H and O–H groups in total. The highest BCUT2D eigenvalue weighted by Crippen LogP contribution is 2.48. The van der Waals surface area contributed by atoms with Gasteiger partial charge in [-0.05, 0) is 53.7 Å². The van der Waals surface area contributed by atoms with Crippen LogP contribution >= 0.6 is 19.6 Å². The number of amides is 2. The molecular formula is C22H44N3O8PS. The van der Waals surface area contributed by atoms with E-state index < -0.39 is 30.8 Å². The van der Waals surface area contributed by atoms with Crippen LogP contribution in [0.2, 0.25) is 0 Å². The number of carbonyl (C=O) groups is 2. The molecule has 0 aliphatic heterocycles. The lowest BCUT2D eigenvalue weighted by Gasteiger charge is -2.31. The zero-order valence-electron chi connectivity index (χ0n) is 22.3. The summed E-state index contributed by atoms with van der Waals surface area (Å²) in [6, 6.07) is 0. The Morgan fingerprint density at radius 1 is 1.06 bits per heavy atom. The van der Waals surface area contributed by atoms with Crippen molar-refractivity contribution in [3.63, 3.8) is 0 Å². The van der Waals surface area contributed by atoms with Crippen molar-refractivity contribution in [2.45, 2.75) is 86.0 Å². The van der Waals surface area contributed by atoms with E-state index in [0.717, 1.165) is 23.6 Å². The van der Waals surface area contributed by atoms with Gasteiger partial charge >= 0.3 is 7.82 Å². The van der Waals surface area contributed by atoms with Crippen molar-refractivity contribution in [3.8, 4) is 0 Å². The molecule has 206 valence electrons. The molecule has 0 bridgehead atoms. The number of phosphoric ester groups is 1. The van der Waals surface area contributed by atoms with E-state index in [0.29, 0.717) is 6.54 Å². The first-order valence-corrected chi connectivity index (χ1v) is 14.3. The maximum atomic E-state index is 12.3. The van der Waals surface area contributed by atoms with E-state index in [-0.39, 0.29) is 31.6 Å². The number of hydrogen-bond acceptors (Lipinski definition) is 9. The number of hydrogen-bond donors (Lipinski definition) is 4. The number of nitrogens with one attached hydrogen (secondary N) is 2. The summed E-state index contributed by atoms with van der Waals surface area (Å²) in [6.45, 7) is 13.7. The van der Waals surface area contributed by atoms with Crippen LogP contribution in [0, 0.1) is 5.41 Å². The maximum absolute atomic E-state index is 12.3. The average molecular weight is 542 g/mol. The van der Waals surface area contributed by atoms with Crippen molar-refractivity contribution < 1.29 is 38.0 Å². The number of oxime groups is 1.